The molecule has 1 aromatic heterocycles. The van der Waals surface area contributed by atoms with E-state index in [1.165, 1.54) is 17.0 Å². The van der Waals surface area contributed by atoms with Crippen LogP contribution in [0.15, 0.2) is 27.7 Å². The van der Waals surface area contributed by atoms with Gasteiger partial charge in [0.05, 0.1) is 0 Å². The van der Waals surface area contributed by atoms with E-state index in [0.29, 0.717) is 11.3 Å². The van der Waals surface area contributed by atoms with Gasteiger partial charge in [-0.15, -0.1) is 0 Å². The molecular formula is C13H11F2InN2O2. The predicted octanol–water partition coefficient (Wildman–Crippen LogP) is 1.13. The van der Waals surface area contributed by atoms with E-state index in [1.54, 1.807) is 12.1 Å². The first-order valence-corrected chi connectivity index (χ1v) is 11.9. The topological polar surface area (TPSA) is 74.0 Å². The van der Waals surface area contributed by atoms with E-state index in [0.717, 1.165) is 0 Å². The normalized spacial score (nSPS) is 18.6. The van der Waals surface area contributed by atoms with Crippen LogP contribution in [0.1, 0.15) is 18.2 Å². The minimum absolute atomic E-state index is 0.135. The quantitative estimate of drug-likeness (QED) is 0.854. The van der Waals surface area contributed by atoms with E-state index >= 15 is 0 Å². The monoisotopic (exact) mass is 380 g/mol. The van der Waals surface area contributed by atoms with E-state index in [4.69, 9.17) is 5.26 Å². The number of pyridine rings is 1. The molecule has 2 heterocycles. The van der Waals surface area contributed by atoms with Crippen molar-refractivity contribution in [1.29, 1.82) is 5.26 Å². The van der Waals surface area contributed by atoms with Crippen LogP contribution in [0, 0.1) is 11.3 Å². The van der Waals surface area contributed by atoms with Gasteiger partial charge in [0.2, 0.25) is 0 Å². The molecule has 102 valence electrons. The van der Waals surface area contributed by atoms with E-state index < -0.39 is 42.6 Å². The molecule has 0 spiro atoms. The summed E-state index contributed by atoms with van der Waals surface area (Å²) in [5, 5.41) is 18.3. The van der Waals surface area contributed by atoms with Gasteiger partial charge in [-0.05, 0) is 0 Å². The van der Waals surface area contributed by atoms with Gasteiger partial charge in [0, 0.05) is 0 Å². The fourth-order valence-electron chi connectivity index (χ4n) is 2.24. The van der Waals surface area contributed by atoms with Crippen molar-refractivity contribution in [3.63, 3.8) is 0 Å². The number of rotatable bonds is 3. The number of halogens is 2. The number of carbonyl (C=O) groups is 1. The fourth-order valence-corrected chi connectivity index (χ4v) is 10.1. The van der Waals surface area contributed by atoms with E-state index in [-0.39, 0.29) is 4.18 Å². The van der Waals surface area contributed by atoms with Gasteiger partial charge in [-0.2, -0.15) is 0 Å². The van der Waals surface area contributed by atoms with Crippen molar-refractivity contribution in [2.24, 2.45) is 0 Å². The third kappa shape index (κ3) is 2.63. The fraction of sp³-hybridized carbons (Fsp3) is 0.308. The predicted molar refractivity (Wildman–Crippen MR) is 68.1 cm³/mol. The van der Waals surface area contributed by atoms with Crippen LogP contribution in [0.4, 0.5) is 8.78 Å². The zero-order valence-corrected chi connectivity index (χ0v) is 14.0. The minimum atomic E-state index is -3.56. The molecule has 0 aliphatic carbocycles. The molecule has 0 fully saturated rings. The molecule has 0 unspecified atom stereocenters. The Morgan fingerprint density at radius 3 is 2.85 bits per heavy atom. The Morgan fingerprint density at radius 1 is 1.60 bits per heavy atom. The van der Waals surface area contributed by atoms with Gasteiger partial charge in [-0.3, -0.25) is 0 Å². The number of hydrogen-bond acceptors (Lipinski definition) is 4. The first-order valence-electron chi connectivity index (χ1n) is 6.04. The standard InChI is InChI=1S/C7H5N2.C6H6F2O2.In/c1-6-7(5-8)3-2-4-9-6;1-4(5(2)10)6(7,8)3-9;/h2-4H,1H2;1,5,10H,2H3;/t;5-;/m.0./s1. The SMILES string of the molecule is C[C@H](O)C1=[CH][In]([CH2]c2ncccc2C#N)[C](=O)C1(F)F. The van der Waals surface area contributed by atoms with Crippen LogP contribution in [0.2, 0.25) is 0 Å². The average Bonchev–Trinajstić information content (AvgIpc) is 2.63. The molecule has 7 heteroatoms. The van der Waals surface area contributed by atoms with Gasteiger partial charge in [-0.25, -0.2) is 0 Å². The molecule has 0 aromatic carbocycles. The maximum atomic E-state index is 13.8. The van der Waals surface area contributed by atoms with Crippen molar-refractivity contribution in [2.75, 3.05) is 0 Å². The van der Waals surface area contributed by atoms with Gasteiger partial charge < -0.3 is 0 Å². The molecule has 1 aliphatic rings. The number of alkyl halides is 2. The van der Waals surface area contributed by atoms with Crippen molar-refractivity contribution in [1.82, 2.24) is 4.98 Å². The Balaban J connectivity index is 2.32. The van der Waals surface area contributed by atoms with E-state index in [2.05, 4.69) is 4.98 Å². The molecule has 20 heavy (non-hydrogen) atoms. The molecule has 0 bridgehead atoms. The number of nitriles is 1. The zero-order chi connectivity index (χ0) is 14.9. The number of carbonyl (C=O) groups excluding carboxylic acids is 1. The Bertz CT molecular complexity index is 623. The first-order chi connectivity index (χ1) is 9.37. The van der Waals surface area contributed by atoms with Gasteiger partial charge in [-0.1, -0.05) is 0 Å². The summed E-state index contributed by atoms with van der Waals surface area (Å²) in [4.78, 5) is 15.8. The molecular weight excluding hydrogens is 369 g/mol. The number of aromatic nitrogens is 1. The van der Waals surface area contributed by atoms with Crippen LogP contribution in [-0.4, -0.2) is 47.1 Å². The average molecular weight is 380 g/mol. The second kappa shape index (κ2) is 5.62. The second-order valence-corrected chi connectivity index (χ2v) is 11.7. The van der Waals surface area contributed by atoms with Gasteiger partial charge >= 0.3 is 122 Å². The van der Waals surface area contributed by atoms with Crippen molar-refractivity contribution in [3.05, 3.63) is 39.0 Å². The van der Waals surface area contributed by atoms with Crippen LogP contribution in [-0.2, 0) is 8.97 Å². The van der Waals surface area contributed by atoms with Crippen LogP contribution in [0.3, 0.4) is 0 Å². The van der Waals surface area contributed by atoms with Crippen LogP contribution < -0.4 is 0 Å². The summed E-state index contributed by atoms with van der Waals surface area (Å²) < 4.78 is 27.9. The number of nitrogens with zero attached hydrogens (tertiary/aromatic N) is 2. The second-order valence-electron chi connectivity index (χ2n) is 4.66. The summed E-state index contributed by atoms with van der Waals surface area (Å²) in [5.41, 5.74) is 0.208. The third-order valence-electron chi connectivity index (χ3n) is 3.26. The molecule has 0 saturated heterocycles. The summed E-state index contributed by atoms with van der Waals surface area (Å²) in [5.74, 6) is -3.56. The molecule has 0 amide bonds. The van der Waals surface area contributed by atoms with Crippen LogP contribution in [0.5, 0.6) is 0 Å². The summed E-state index contributed by atoms with van der Waals surface area (Å²) >= 11 is -3.39. The van der Waals surface area contributed by atoms with E-state index in [1.807, 2.05) is 6.07 Å². The Hall–Kier alpha value is -1.26. The molecule has 2 rings (SSSR count). The van der Waals surface area contributed by atoms with Crippen LogP contribution in [0.25, 0.3) is 0 Å². The number of aliphatic hydroxyl groups excluding tert-OH is 1. The molecule has 1 atom stereocenters. The van der Waals surface area contributed by atoms with Crippen molar-refractivity contribution in [3.8, 4) is 6.07 Å². The van der Waals surface area contributed by atoms with Gasteiger partial charge in [0.15, 0.2) is 0 Å². The van der Waals surface area contributed by atoms with Crippen molar-refractivity contribution in [2.45, 2.75) is 23.1 Å². The molecule has 1 N–H and O–H groups in total. The van der Waals surface area contributed by atoms with E-state index in [9.17, 15) is 18.7 Å². The summed E-state index contributed by atoms with van der Waals surface area (Å²) in [6, 6.07) is 5.07. The molecule has 1 aliphatic heterocycles. The maximum absolute atomic E-state index is 13.8. The number of aliphatic hydroxyl groups is 1. The first kappa shape index (κ1) is 15.1. The molecule has 1 aromatic rings. The van der Waals surface area contributed by atoms with Crippen LogP contribution >= 0.6 is 0 Å². The molecule has 0 saturated carbocycles. The Labute approximate surface area is 122 Å². The summed E-state index contributed by atoms with van der Waals surface area (Å²) in [7, 11) is 0. The Kier molecular flexibility index (Phi) is 4.25. The van der Waals surface area contributed by atoms with Crippen molar-refractivity contribution < 1.29 is 18.7 Å². The summed E-state index contributed by atoms with van der Waals surface area (Å²) in [6.45, 7) is 1.22. The molecule has 4 nitrogen and oxygen atoms in total. The third-order valence-corrected chi connectivity index (χ3v) is 10.8. The van der Waals surface area contributed by atoms with Crippen molar-refractivity contribution >= 4 is 25.0 Å². The number of hydrogen-bond donors (Lipinski definition) is 1. The van der Waals surface area contributed by atoms with Gasteiger partial charge in [0.25, 0.3) is 0 Å². The summed E-state index contributed by atoms with van der Waals surface area (Å²) in [6.07, 6.45) is 0.133. The Morgan fingerprint density at radius 2 is 2.30 bits per heavy atom. The zero-order valence-electron chi connectivity index (χ0n) is 10.7. The molecule has 0 radical (unpaired) electrons. The van der Waals surface area contributed by atoms with Gasteiger partial charge in [0.1, 0.15) is 0 Å².